The topological polar surface area (TPSA) is 54.7 Å². The Labute approximate surface area is 76.9 Å². The number of aryl methyl sites for hydroxylation is 1. The van der Waals surface area contributed by atoms with Gasteiger partial charge in [0.1, 0.15) is 0 Å². The van der Waals surface area contributed by atoms with Crippen LogP contribution in [0.3, 0.4) is 0 Å². The maximum Gasteiger partial charge on any atom is 0.0927 e. The van der Waals surface area contributed by atoms with E-state index in [0.717, 1.165) is 16.6 Å². The first-order valence-corrected chi connectivity index (χ1v) is 4.39. The summed E-state index contributed by atoms with van der Waals surface area (Å²) in [5.41, 5.74) is 9.06. The van der Waals surface area contributed by atoms with E-state index in [1.807, 2.05) is 19.1 Å². The molecule has 0 saturated heterocycles. The van der Waals surface area contributed by atoms with Crippen molar-refractivity contribution < 1.29 is 0 Å². The number of aromatic nitrogens is 2. The SMILES string of the molecule is Cc1cccc2n[nH]c(C(C)N)c12. The fourth-order valence-electron chi connectivity index (χ4n) is 1.60. The molecule has 3 N–H and O–H groups in total. The zero-order chi connectivity index (χ0) is 9.42. The van der Waals surface area contributed by atoms with Gasteiger partial charge in [-0.15, -0.1) is 0 Å². The number of rotatable bonds is 1. The van der Waals surface area contributed by atoms with Gasteiger partial charge in [-0.25, -0.2) is 0 Å². The summed E-state index contributed by atoms with van der Waals surface area (Å²) in [6.07, 6.45) is 0. The largest absolute Gasteiger partial charge is 0.323 e. The number of benzene rings is 1. The van der Waals surface area contributed by atoms with Crippen molar-refractivity contribution in [1.29, 1.82) is 0 Å². The van der Waals surface area contributed by atoms with Crippen LogP contribution < -0.4 is 5.73 Å². The third kappa shape index (κ3) is 1.21. The van der Waals surface area contributed by atoms with E-state index in [-0.39, 0.29) is 6.04 Å². The number of nitrogens with zero attached hydrogens (tertiary/aromatic N) is 1. The first-order chi connectivity index (χ1) is 6.20. The number of nitrogens with one attached hydrogen (secondary N) is 1. The lowest BCUT2D eigenvalue weighted by atomic mass is 10.1. The van der Waals surface area contributed by atoms with Gasteiger partial charge >= 0.3 is 0 Å². The molecule has 0 aliphatic carbocycles. The summed E-state index contributed by atoms with van der Waals surface area (Å²) in [5.74, 6) is 0. The number of nitrogens with two attached hydrogens (primary N) is 1. The Morgan fingerprint density at radius 3 is 2.92 bits per heavy atom. The highest BCUT2D eigenvalue weighted by atomic mass is 15.1. The minimum absolute atomic E-state index is 0.00565. The van der Waals surface area contributed by atoms with E-state index in [1.54, 1.807) is 0 Å². The van der Waals surface area contributed by atoms with Gasteiger partial charge in [0.25, 0.3) is 0 Å². The predicted molar refractivity (Wildman–Crippen MR) is 53.4 cm³/mol. The Balaban J connectivity index is 2.79. The molecule has 0 aliphatic heterocycles. The highest BCUT2D eigenvalue weighted by Crippen LogP contribution is 2.23. The smallest absolute Gasteiger partial charge is 0.0927 e. The molecule has 2 aromatic rings. The van der Waals surface area contributed by atoms with Crippen LogP contribution in [-0.2, 0) is 0 Å². The van der Waals surface area contributed by atoms with Crippen molar-refractivity contribution >= 4 is 10.9 Å². The number of H-pyrrole nitrogens is 1. The van der Waals surface area contributed by atoms with Crippen molar-refractivity contribution in [2.24, 2.45) is 5.73 Å². The van der Waals surface area contributed by atoms with Crippen molar-refractivity contribution in [3.8, 4) is 0 Å². The molecule has 0 fully saturated rings. The second-order valence-corrected chi connectivity index (χ2v) is 3.39. The van der Waals surface area contributed by atoms with E-state index in [1.165, 1.54) is 5.56 Å². The van der Waals surface area contributed by atoms with Gasteiger partial charge < -0.3 is 5.73 Å². The average Bonchev–Trinajstić information content (AvgIpc) is 2.49. The molecular weight excluding hydrogens is 162 g/mol. The van der Waals surface area contributed by atoms with Gasteiger partial charge in [0.05, 0.1) is 11.2 Å². The molecule has 0 bridgehead atoms. The second-order valence-electron chi connectivity index (χ2n) is 3.39. The summed E-state index contributed by atoms with van der Waals surface area (Å²) in [6.45, 7) is 4.03. The summed E-state index contributed by atoms with van der Waals surface area (Å²) in [5, 5.41) is 8.34. The van der Waals surface area contributed by atoms with E-state index in [0.29, 0.717) is 0 Å². The van der Waals surface area contributed by atoms with Crippen molar-refractivity contribution in [2.75, 3.05) is 0 Å². The van der Waals surface area contributed by atoms with Crippen molar-refractivity contribution in [3.63, 3.8) is 0 Å². The molecule has 3 heteroatoms. The van der Waals surface area contributed by atoms with Gasteiger partial charge in [-0.3, -0.25) is 5.10 Å². The Kier molecular flexibility index (Phi) is 1.81. The van der Waals surface area contributed by atoms with Gasteiger partial charge in [-0.2, -0.15) is 5.10 Å². The first kappa shape index (κ1) is 8.26. The van der Waals surface area contributed by atoms with Crippen LogP contribution in [0, 0.1) is 6.92 Å². The van der Waals surface area contributed by atoms with E-state index in [9.17, 15) is 0 Å². The second kappa shape index (κ2) is 2.85. The lowest BCUT2D eigenvalue weighted by Crippen LogP contribution is -2.05. The van der Waals surface area contributed by atoms with Gasteiger partial charge in [0.2, 0.25) is 0 Å². The quantitative estimate of drug-likeness (QED) is 0.695. The van der Waals surface area contributed by atoms with E-state index in [4.69, 9.17) is 5.73 Å². The number of fused-ring (bicyclic) bond motifs is 1. The van der Waals surface area contributed by atoms with Gasteiger partial charge in [-0.05, 0) is 25.5 Å². The van der Waals surface area contributed by atoms with Crippen LogP contribution in [0.2, 0.25) is 0 Å². The van der Waals surface area contributed by atoms with Gasteiger partial charge in [0, 0.05) is 11.4 Å². The fraction of sp³-hybridized carbons (Fsp3) is 0.300. The number of hydrogen-bond acceptors (Lipinski definition) is 2. The summed E-state index contributed by atoms with van der Waals surface area (Å²) in [6, 6.07) is 6.07. The lowest BCUT2D eigenvalue weighted by Gasteiger charge is -2.03. The summed E-state index contributed by atoms with van der Waals surface area (Å²) < 4.78 is 0. The lowest BCUT2D eigenvalue weighted by molar-refractivity contribution is 0.778. The van der Waals surface area contributed by atoms with Crippen LogP contribution in [0.5, 0.6) is 0 Å². The molecule has 0 aliphatic rings. The average molecular weight is 175 g/mol. The predicted octanol–water partition coefficient (Wildman–Crippen LogP) is 1.89. The van der Waals surface area contributed by atoms with Crippen molar-refractivity contribution in [1.82, 2.24) is 10.2 Å². The Morgan fingerprint density at radius 1 is 1.46 bits per heavy atom. The number of hydrogen-bond donors (Lipinski definition) is 2. The van der Waals surface area contributed by atoms with Crippen LogP contribution in [0.15, 0.2) is 18.2 Å². The minimum Gasteiger partial charge on any atom is -0.323 e. The zero-order valence-electron chi connectivity index (χ0n) is 7.83. The van der Waals surface area contributed by atoms with Crippen LogP contribution in [0.25, 0.3) is 10.9 Å². The molecule has 3 nitrogen and oxygen atoms in total. The van der Waals surface area contributed by atoms with Crippen LogP contribution in [-0.4, -0.2) is 10.2 Å². The standard InChI is InChI=1S/C10H13N3/c1-6-4-3-5-8-9(6)10(7(2)11)13-12-8/h3-5,7H,11H2,1-2H3,(H,12,13). The van der Waals surface area contributed by atoms with E-state index < -0.39 is 0 Å². The zero-order valence-corrected chi connectivity index (χ0v) is 7.83. The maximum absolute atomic E-state index is 5.82. The molecule has 0 radical (unpaired) electrons. The third-order valence-corrected chi connectivity index (χ3v) is 2.27. The summed E-state index contributed by atoms with van der Waals surface area (Å²) in [7, 11) is 0. The molecule has 13 heavy (non-hydrogen) atoms. The summed E-state index contributed by atoms with van der Waals surface area (Å²) in [4.78, 5) is 0. The Morgan fingerprint density at radius 2 is 2.23 bits per heavy atom. The van der Waals surface area contributed by atoms with Crippen molar-refractivity contribution in [3.05, 3.63) is 29.5 Å². The van der Waals surface area contributed by atoms with Gasteiger partial charge in [-0.1, -0.05) is 12.1 Å². The first-order valence-electron chi connectivity index (χ1n) is 4.39. The highest BCUT2D eigenvalue weighted by Gasteiger charge is 2.09. The maximum atomic E-state index is 5.82. The Hall–Kier alpha value is -1.35. The van der Waals surface area contributed by atoms with Gasteiger partial charge in [0.15, 0.2) is 0 Å². The molecule has 1 aromatic carbocycles. The molecule has 1 atom stereocenters. The number of aromatic amines is 1. The Bertz CT molecular complexity index is 429. The monoisotopic (exact) mass is 175 g/mol. The van der Waals surface area contributed by atoms with E-state index >= 15 is 0 Å². The third-order valence-electron chi connectivity index (χ3n) is 2.27. The molecule has 68 valence electrons. The minimum atomic E-state index is 0.00565. The van der Waals surface area contributed by atoms with Crippen LogP contribution in [0.1, 0.15) is 24.2 Å². The molecule has 0 spiro atoms. The van der Waals surface area contributed by atoms with E-state index in [2.05, 4.69) is 23.2 Å². The highest BCUT2D eigenvalue weighted by molar-refractivity contribution is 5.85. The molecule has 2 rings (SSSR count). The van der Waals surface area contributed by atoms with Crippen molar-refractivity contribution in [2.45, 2.75) is 19.9 Å². The summed E-state index contributed by atoms with van der Waals surface area (Å²) >= 11 is 0. The molecule has 1 aromatic heterocycles. The van der Waals surface area contributed by atoms with Crippen LogP contribution >= 0.6 is 0 Å². The molecule has 1 heterocycles. The molecular formula is C10H13N3. The molecule has 1 unspecified atom stereocenters. The molecule has 0 saturated carbocycles. The van der Waals surface area contributed by atoms with Crippen LogP contribution in [0.4, 0.5) is 0 Å². The fourth-order valence-corrected chi connectivity index (χ4v) is 1.60. The normalized spacial score (nSPS) is 13.5. The molecule has 0 amide bonds.